The molecular formula is C21H21NO2. The number of nitrogens with one attached hydrogen (secondary N) is 1. The van der Waals surface area contributed by atoms with Crippen LogP contribution in [0.5, 0.6) is 5.75 Å². The lowest BCUT2D eigenvalue weighted by molar-refractivity contribution is 0.215. The van der Waals surface area contributed by atoms with Gasteiger partial charge in [0.25, 0.3) is 0 Å². The summed E-state index contributed by atoms with van der Waals surface area (Å²) in [6.07, 6.45) is -0.491. The Morgan fingerprint density at radius 1 is 0.875 bits per heavy atom. The lowest BCUT2D eigenvalue weighted by Gasteiger charge is -2.19. The van der Waals surface area contributed by atoms with Gasteiger partial charge in [0, 0.05) is 5.39 Å². The van der Waals surface area contributed by atoms with Crippen molar-refractivity contribution < 1.29 is 9.53 Å². The Hall–Kier alpha value is -2.81. The van der Waals surface area contributed by atoms with Gasteiger partial charge in [0.05, 0.1) is 5.69 Å². The highest BCUT2D eigenvalue weighted by Crippen LogP contribution is 2.25. The lowest BCUT2D eigenvalue weighted by atomic mass is 9.87. The van der Waals surface area contributed by atoms with E-state index >= 15 is 0 Å². The number of fused-ring (bicyclic) bond motifs is 1. The molecule has 3 nitrogen and oxygen atoms in total. The average molecular weight is 319 g/mol. The van der Waals surface area contributed by atoms with Crippen LogP contribution in [0, 0.1) is 0 Å². The molecule has 0 spiro atoms. The summed E-state index contributed by atoms with van der Waals surface area (Å²) in [5, 5.41) is 4.88. The van der Waals surface area contributed by atoms with Crippen LogP contribution in [0.4, 0.5) is 10.5 Å². The summed E-state index contributed by atoms with van der Waals surface area (Å²) in [6, 6.07) is 21.3. The number of anilines is 1. The highest BCUT2D eigenvalue weighted by Gasteiger charge is 2.14. The number of hydrogen-bond donors (Lipinski definition) is 1. The van der Waals surface area contributed by atoms with E-state index in [2.05, 4.69) is 26.1 Å². The standard InChI is InChI=1S/C21H21NO2/c1-21(2,3)16-11-13-17(14-12-16)24-20(23)22-19-10-6-8-15-7-4-5-9-18(15)19/h4-14H,1-3H3,(H,22,23). The zero-order valence-electron chi connectivity index (χ0n) is 14.2. The summed E-state index contributed by atoms with van der Waals surface area (Å²) < 4.78 is 5.38. The molecule has 0 heterocycles. The fraction of sp³-hybridized carbons (Fsp3) is 0.190. The van der Waals surface area contributed by atoms with Crippen molar-refractivity contribution in [2.24, 2.45) is 0 Å². The molecule has 3 heteroatoms. The third-order valence-corrected chi connectivity index (χ3v) is 3.96. The molecule has 3 rings (SSSR count). The molecule has 0 aliphatic rings. The van der Waals surface area contributed by atoms with E-state index in [-0.39, 0.29) is 5.41 Å². The summed E-state index contributed by atoms with van der Waals surface area (Å²) in [5.74, 6) is 0.528. The third kappa shape index (κ3) is 3.57. The summed E-state index contributed by atoms with van der Waals surface area (Å²) in [5.41, 5.74) is 2.01. The molecule has 0 aromatic heterocycles. The van der Waals surface area contributed by atoms with Gasteiger partial charge in [-0.1, -0.05) is 69.3 Å². The summed E-state index contributed by atoms with van der Waals surface area (Å²) in [4.78, 5) is 12.2. The van der Waals surface area contributed by atoms with Gasteiger partial charge in [0.1, 0.15) is 5.75 Å². The highest BCUT2D eigenvalue weighted by molar-refractivity contribution is 6.00. The van der Waals surface area contributed by atoms with Gasteiger partial charge in [-0.25, -0.2) is 4.79 Å². The van der Waals surface area contributed by atoms with E-state index in [1.165, 1.54) is 5.56 Å². The third-order valence-electron chi connectivity index (χ3n) is 3.96. The van der Waals surface area contributed by atoms with Crippen molar-refractivity contribution in [3.05, 3.63) is 72.3 Å². The molecule has 122 valence electrons. The minimum atomic E-state index is -0.491. The average Bonchev–Trinajstić information content (AvgIpc) is 2.55. The van der Waals surface area contributed by atoms with E-state index in [9.17, 15) is 4.79 Å². The van der Waals surface area contributed by atoms with Crippen molar-refractivity contribution in [2.45, 2.75) is 26.2 Å². The molecule has 3 aromatic carbocycles. The first kappa shape index (κ1) is 16.1. The number of benzene rings is 3. The number of hydrogen-bond acceptors (Lipinski definition) is 2. The zero-order chi connectivity index (χ0) is 17.2. The second-order valence-electron chi connectivity index (χ2n) is 6.82. The van der Waals surface area contributed by atoms with E-state index < -0.39 is 6.09 Å². The van der Waals surface area contributed by atoms with Crippen LogP contribution in [0.2, 0.25) is 0 Å². The van der Waals surface area contributed by atoms with Gasteiger partial charge in [-0.05, 0) is 34.6 Å². The molecule has 0 aliphatic heterocycles. The zero-order valence-corrected chi connectivity index (χ0v) is 14.2. The molecule has 0 bridgehead atoms. The van der Waals surface area contributed by atoms with Gasteiger partial charge in [0.2, 0.25) is 0 Å². The maximum atomic E-state index is 12.2. The molecule has 24 heavy (non-hydrogen) atoms. The van der Waals surface area contributed by atoms with Crippen LogP contribution in [0.25, 0.3) is 10.8 Å². The van der Waals surface area contributed by atoms with Gasteiger partial charge < -0.3 is 4.74 Å². The molecule has 1 amide bonds. The second-order valence-corrected chi connectivity index (χ2v) is 6.82. The summed E-state index contributed by atoms with van der Waals surface area (Å²) in [6.45, 7) is 6.45. The minimum absolute atomic E-state index is 0.0732. The van der Waals surface area contributed by atoms with Crippen molar-refractivity contribution in [2.75, 3.05) is 5.32 Å². The number of ether oxygens (including phenoxy) is 1. The first-order valence-electron chi connectivity index (χ1n) is 8.01. The first-order valence-corrected chi connectivity index (χ1v) is 8.01. The molecule has 0 fully saturated rings. The topological polar surface area (TPSA) is 38.3 Å². The Morgan fingerprint density at radius 2 is 1.54 bits per heavy atom. The predicted octanol–water partition coefficient (Wildman–Crippen LogP) is 5.75. The van der Waals surface area contributed by atoms with Crippen LogP contribution < -0.4 is 10.1 Å². The van der Waals surface area contributed by atoms with Crippen molar-refractivity contribution in [3.63, 3.8) is 0 Å². The van der Waals surface area contributed by atoms with Gasteiger partial charge in [0.15, 0.2) is 0 Å². The molecule has 1 N–H and O–H groups in total. The number of carbonyl (C=O) groups excluding carboxylic acids is 1. The smallest absolute Gasteiger partial charge is 0.410 e. The molecule has 3 aromatic rings. The molecule has 0 radical (unpaired) electrons. The summed E-state index contributed by atoms with van der Waals surface area (Å²) >= 11 is 0. The lowest BCUT2D eigenvalue weighted by Crippen LogP contribution is -2.17. The van der Waals surface area contributed by atoms with Gasteiger partial charge in [-0.2, -0.15) is 0 Å². The summed E-state index contributed by atoms with van der Waals surface area (Å²) in [7, 11) is 0. The van der Waals surface area contributed by atoms with Crippen LogP contribution in [-0.2, 0) is 5.41 Å². The fourth-order valence-electron chi connectivity index (χ4n) is 2.60. The minimum Gasteiger partial charge on any atom is -0.410 e. The highest BCUT2D eigenvalue weighted by atomic mass is 16.6. The Bertz CT molecular complexity index is 856. The SMILES string of the molecule is CC(C)(C)c1ccc(OC(=O)Nc2cccc3ccccc23)cc1. The monoisotopic (exact) mass is 319 g/mol. The number of amides is 1. The number of rotatable bonds is 2. The molecular weight excluding hydrogens is 298 g/mol. The van der Waals surface area contributed by atoms with Crippen LogP contribution in [0.15, 0.2) is 66.7 Å². The maximum absolute atomic E-state index is 12.2. The van der Waals surface area contributed by atoms with Crippen molar-refractivity contribution in [3.8, 4) is 5.75 Å². The fourth-order valence-corrected chi connectivity index (χ4v) is 2.60. The first-order chi connectivity index (χ1) is 11.4. The maximum Gasteiger partial charge on any atom is 0.417 e. The molecule has 0 saturated carbocycles. The van der Waals surface area contributed by atoms with Crippen molar-refractivity contribution in [1.29, 1.82) is 0 Å². The van der Waals surface area contributed by atoms with Crippen LogP contribution >= 0.6 is 0 Å². The van der Waals surface area contributed by atoms with Crippen molar-refractivity contribution in [1.82, 2.24) is 0 Å². The van der Waals surface area contributed by atoms with E-state index in [4.69, 9.17) is 4.74 Å². The Balaban J connectivity index is 1.73. The molecule has 0 unspecified atom stereocenters. The second kappa shape index (κ2) is 6.36. The largest absolute Gasteiger partial charge is 0.417 e. The Morgan fingerprint density at radius 3 is 2.25 bits per heavy atom. The van der Waals surface area contributed by atoms with E-state index in [0.29, 0.717) is 5.75 Å². The Labute approximate surface area is 142 Å². The van der Waals surface area contributed by atoms with Gasteiger partial charge >= 0.3 is 6.09 Å². The van der Waals surface area contributed by atoms with Gasteiger partial charge in [-0.3, -0.25) is 5.32 Å². The molecule has 0 aliphatic carbocycles. The van der Waals surface area contributed by atoms with Crippen LogP contribution in [-0.4, -0.2) is 6.09 Å². The Kier molecular flexibility index (Phi) is 4.26. The molecule has 0 saturated heterocycles. The van der Waals surface area contributed by atoms with Crippen LogP contribution in [0.3, 0.4) is 0 Å². The normalized spacial score (nSPS) is 11.3. The number of carbonyl (C=O) groups is 1. The van der Waals surface area contributed by atoms with Gasteiger partial charge in [-0.15, -0.1) is 0 Å². The quantitative estimate of drug-likeness (QED) is 0.653. The van der Waals surface area contributed by atoms with E-state index in [1.54, 1.807) is 0 Å². The molecule has 0 atom stereocenters. The predicted molar refractivity (Wildman–Crippen MR) is 98.7 cm³/mol. The van der Waals surface area contributed by atoms with E-state index in [1.807, 2.05) is 66.7 Å². The van der Waals surface area contributed by atoms with Crippen LogP contribution in [0.1, 0.15) is 26.3 Å². The van der Waals surface area contributed by atoms with Crippen molar-refractivity contribution >= 4 is 22.6 Å². The van der Waals surface area contributed by atoms with E-state index in [0.717, 1.165) is 16.5 Å².